The fraction of sp³-hybridized carbons (Fsp3) is 0.125. The predicted octanol–water partition coefficient (Wildman–Crippen LogP) is 4.68. The maximum absolute atomic E-state index is 2.33. The quantitative estimate of drug-likeness (QED) is 0.695. The lowest BCUT2D eigenvalue weighted by molar-refractivity contribution is 1.17. The Labute approximate surface area is 106 Å². The van der Waals surface area contributed by atoms with Crippen molar-refractivity contribution in [2.24, 2.45) is 0 Å². The van der Waals surface area contributed by atoms with Crippen molar-refractivity contribution in [1.82, 2.24) is 0 Å². The molecule has 0 saturated heterocycles. The Balaban J connectivity index is 1.93. The number of aryl methyl sites for hydroxylation is 1. The Bertz CT molecular complexity index is 564. The monoisotopic (exact) mass is 238 g/mol. The number of allylic oxidation sites excluding steroid dienone is 1. The van der Waals surface area contributed by atoms with Crippen LogP contribution in [0, 0.1) is 6.92 Å². The highest BCUT2D eigenvalue weighted by Gasteiger charge is 2.12. The molecule has 3 rings (SSSR count). The molecule has 1 heterocycles. The van der Waals surface area contributed by atoms with Crippen molar-refractivity contribution >= 4 is 16.7 Å². The molecule has 0 bridgehead atoms. The Kier molecular flexibility index (Phi) is 2.77. The highest BCUT2D eigenvalue weighted by Crippen LogP contribution is 2.40. The van der Waals surface area contributed by atoms with E-state index in [-0.39, 0.29) is 0 Å². The average Bonchev–Trinajstić information content (AvgIpc) is 2.39. The van der Waals surface area contributed by atoms with Crippen LogP contribution in [0.2, 0.25) is 0 Å². The summed E-state index contributed by atoms with van der Waals surface area (Å²) in [5.74, 6) is 0. The first kappa shape index (κ1) is 10.7. The first-order valence-corrected chi connectivity index (χ1v) is 6.67. The van der Waals surface area contributed by atoms with Crippen LogP contribution in [-0.2, 0) is 6.42 Å². The third-order valence-electron chi connectivity index (χ3n) is 3.04. The Morgan fingerprint density at radius 3 is 2.53 bits per heavy atom. The molecule has 2 aromatic carbocycles. The molecular weight excluding hydrogens is 224 g/mol. The van der Waals surface area contributed by atoms with Crippen LogP contribution in [0.5, 0.6) is 0 Å². The van der Waals surface area contributed by atoms with Crippen LogP contribution in [0.3, 0.4) is 0 Å². The zero-order chi connectivity index (χ0) is 11.7. The smallest absolute Gasteiger partial charge is 0.0158 e. The largest absolute Gasteiger partial charge is 0.0895 e. The molecule has 84 valence electrons. The predicted molar refractivity (Wildman–Crippen MR) is 75.2 cm³/mol. The molecule has 17 heavy (non-hydrogen) atoms. The number of hydrogen-bond donors (Lipinski definition) is 0. The Morgan fingerprint density at radius 1 is 0.941 bits per heavy atom. The second-order valence-corrected chi connectivity index (χ2v) is 5.43. The lowest BCUT2D eigenvalue weighted by Crippen LogP contribution is -1.93. The van der Waals surface area contributed by atoms with Gasteiger partial charge >= 0.3 is 0 Å². The maximum Gasteiger partial charge on any atom is 0.0158 e. The highest BCUT2D eigenvalue weighted by molar-refractivity contribution is 8.08. The van der Waals surface area contributed by atoms with Gasteiger partial charge in [0.15, 0.2) is 0 Å². The van der Waals surface area contributed by atoms with Crippen LogP contribution in [-0.4, -0.2) is 0 Å². The SMILES string of the molecule is Cc1ccc(C2=CCc3ccccc3S2)cc1. The van der Waals surface area contributed by atoms with Crippen molar-refractivity contribution in [3.63, 3.8) is 0 Å². The van der Waals surface area contributed by atoms with Crippen molar-refractivity contribution in [3.8, 4) is 0 Å². The van der Waals surface area contributed by atoms with E-state index in [1.54, 1.807) is 0 Å². The van der Waals surface area contributed by atoms with Gasteiger partial charge in [-0.15, -0.1) is 0 Å². The molecule has 0 radical (unpaired) electrons. The van der Waals surface area contributed by atoms with E-state index in [0.29, 0.717) is 0 Å². The van der Waals surface area contributed by atoms with E-state index in [1.807, 2.05) is 11.8 Å². The van der Waals surface area contributed by atoms with Crippen molar-refractivity contribution < 1.29 is 0 Å². The van der Waals surface area contributed by atoms with Crippen LogP contribution in [0.4, 0.5) is 0 Å². The summed E-state index contributed by atoms with van der Waals surface area (Å²) < 4.78 is 0. The minimum Gasteiger partial charge on any atom is -0.0895 e. The summed E-state index contributed by atoms with van der Waals surface area (Å²) >= 11 is 1.88. The van der Waals surface area contributed by atoms with Gasteiger partial charge in [-0.25, -0.2) is 0 Å². The summed E-state index contributed by atoms with van der Waals surface area (Å²) in [7, 11) is 0. The van der Waals surface area contributed by atoms with Gasteiger partial charge in [-0.05, 0) is 30.5 Å². The molecule has 0 aliphatic carbocycles. The van der Waals surface area contributed by atoms with Crippen LogP contribution < -0.4 is 0 Å². The summed E-state index contributed by atoms with van der Waals surface area (Å²) in [6, 6.07) is 17.4. The van der Waals surface area contributed by atoms with Crippen LogP contribution in [0.25, 0.3) is 4.91 Å². The number of thioether (sulfide) groups is 1. The summed E-state index contributed by atoms with van der Waals surface area (Å²) in [4.78, 5) is 2.77. The molecule has 0 atom stereocenters. The molecule has 0 saturated carbocycles. The van der Waals surface area contributed by atoms with Crippen LogP contribution in [0.1, 0.15) is 16.7 Å². The molecule has 0 N–H and O–H groups in total. The number of benzene rings is 2. The maximum atomic E-state index is 2.33. The molecule has 1 aliphatic rings. The molecule has 0 nitrogen and oxygen atoms in total. The molecule has 1 heteroatoms. The molecule has 2 aromatic rings. The van der Waals surface area contributed by atoms with Crippen molar-refractivity contribution in [2.75, 3.05) is 0 Å². The van der Waals surface area contributed by atoms with E-state index in [9.17, 15) is 0 Å². The zero-order valence-electron chi connectivity index (χ0n) is 9.81. The fourth-order valence-electron chi connectivity index (χ4n) is 2.03. The van der Waals surface area contributed by atoms with Gasteiger partial charge in [0.1, 0.15) is 0 Å². The van der Waals surface area contributed by atoms with Gasteiger partial charge in [0, 0.05) is 9.80 Å². The second kappa shape index (κ2) is 4.42. The number of rotatable bonds is 1. The third kappa shape index (κ3) is 2.16. The summed E-state index contributed by atoms with van der Waals surface area (Å²) in [5.41, 5.74) is 4.08. The van der Waals surface area contributed by atoms with E-state index in [2.05, 4.69) is 61.5 Å². The van der Waals surface area contributed by atoms with Gasteiger partial charge in [-0.1, -0.05) is 65.9 Å². The number of hydrogen-bond acceptors (Lipinski definition) is 1. The first-order valence-electron chi connectivity index (χ1n) is 5.86. The third-order valence-corrected chi connectivity index (χ3v) is 4.28. The summed E-state index contributed by atoms with van der Waals surface area (Å²) in [6.07, 6.45) is 3.38. The zero-order valence-corrected chi connectivity index (χ0v) is 10.6. The van der Waals surface area contributed by atoms with Crippen molar-refractivity contribution in [1.29, 1.82) is 0 Å². The van der Waals surface area contributed by atoms with E-state index >= 15 is 0 Å². The Morgan fingerprint density at radius 2 is 1.71 bits per heavy atom. The molecule has 0 unspecified atom stereocenters. The number of fused-ring (bicyclic) bond motifs is 1. The first-order chi connectivity index (χ1) is 8.33. The molecule has 0 aromatic heterocycles. The van der Waals surface area contributed by atoms with E-state index in [1.165, 1.54) is 26.5 Å². The van der Waals surface area contributed by atoms with Gasteiger partial charge in [-0.3, -0.25) is 0 Å². The standard InChI is InChI=1S/C16H14S/c1-12-6-8-14(9-7-12)16-11-10-13-4-2-3-5-15(13)17-16/h2-9,11H,10H2,1H3. The highest BCUT2D eigenvalue weighted by atomic mass is 32.2. The van der Waals surface area contributed by atoms with Crippen LogP contribution in [0.15, 0.2) is 59.5 Å². The minimum absolute atomic E-state index is 1.05. The molecular formula is C16H14S. The van der Waals surface area contributed by atoms with Gasteiger partial charge in [-0.2, -0.15) is 0 Å². The second-order valence-electron chi connectivity index (χ2n) is 4.35. The lowest BCUT2D eigenvalue weighted by Gasteiger charge is -2.16. The molecule has 1 aliphatic heterocycles. The normalized spacial score (nSPS) is 14.1. The topological polar surface area (TPSA) is 0 Å². The van der Waals surface area contributed by atoms with Gasteiger partial charge in [0.2, 0.25) is 0 Å². The average molecular weight is 238 g/mol. The molecule has 0 amide bonds. The fourth-order valence-corrected chi connectivity index (χ4v) is 3.12. The van der Waals surface area contributed by atoms with Crippen molar-refractivity contribution in [2.45, 2.75) is 18.2 Å². The Hall–Kier alpha value is -1.47. The van der Waals surface area contributed by atoms with E-state index in [4.69, 9.17) is 0 Å². The van der Waals surface area contributed by atoms with Gasteiger partial charge in [0.25, 0.3) is 0 Å². The van der Waals surface area contributed by atoms with Crippen molar-refractivity contribution in [3.05, 3.63) is 71.3 Å². The molecule has 0 fully saturated rings. The van der Waals surface area contributed by atoms with E-state index in [0.717, 1.165) is 6.42 Å². The lowest BCUT2D eigenvalue weighted by atomic mass is 10.1. The summed E-state index contributed by atoms with van der Waals surface area (Å²) in [6.45, 7) is 2.13. The van der Waals surface area contributed by atoms with E-state index < -0.39 is 0 Å². The van der Waals surface area contributed by atoms with Gasteiger partial charge in [0.05, 0.1) is 0 Å². The van der Waals surface area contributed by atoms with Crippen LogP contribution >= 0.6 is 11.8 Å². The molecule has 0 spiro atoms. The van der Waals surface area contributed by atoms with Gasteiger partial charge < -0.3 is 0 Å². The minimum atomic E-state index is 1.05. The summed E-state index contributed by atoms with van der Waals surface area (Å²) in [5, 5.41) is 0.